The van der Waals surface area contributed by atoms with Crippen molar-refractivity contribution in [3.05, 3.63) is 54.1 Å². The van der Waals surface area contributed by atoms with Crippen molar-refractivity contribution in [2.45, 2.75) is 72.1 Å². The highest BCUT2D eigenvalue weighted by atomic mass is 16.5. The molecule has 2 rings (SSSR count). The first-order valence-corrected chi connectivity index (χ1v) is 12.0. The van der Waals surface area contributed by atoms with Gasteiger partial charge in [0.2, 0.25) is 0 Å². The quantitative estimate of drug-likeness (QED) is 0.161. The summed E-state index contributed by atoms with van der Waals surface area (Å²) in [5, 5.41) is 8.57. The Balaban J connectivity index is 1.52. The number of rotatable bonds is 15. The maximum absolute atomic E-state index is 11.6. The van der Waals surface area contributed by atoms with E-state index in [-0.39, 0.29) is 11.9 Å². The van der Waals surface area contributed by atoms with Crippen molar-refractivity contribution >= 4 is 17.3 Å². The van der Waals surface area contributed by atoms with E-state index >= 15 is 0 Å². The van der Waals surface area contributed by atoms with Crippen molar-refractivity contribution in [1.82, 2.24) is 0 Å². The molecule has 1 atom stereocenters. The first-order valence-electron chi connectivity index (χ1n) is 12.0. The van der Waals surface area contributed by atoms with Crippen molar-refractivity contribution in [1.29, 1.82) is 0 Å². The normalized spacial score (nSPS) is 12.1. The molecule has 32 heavy (non-hydrogen) atoms. The Labute approximate surface area is 193 Å². The van der Waals surface area contributed by atoms with Crippen LogP contribution in [0.3, 0.4) is 0 Å². The van der Waals surface area contributed by atoms with Crippen LogP contribution in [0.4, 0.5) is 11.4 Å². The van der Waals surface area contributed by atoms with Gasteiger partial charge in [0.25, 0.3) is 0 Å². The molecule has 174 valence electrons. The summed E-state index contributed by atoms with van der Waals surface area (Å²) < 4.78 is 11.1. The van der Waals surface area contributed by atoms with Crippen LogP contribution in [0.15, 0.2) is 58.8 Å². The number of carbonyl (C=O) groups excluding carboxylic acids is 1. The molecule has 2 aromatic rings. The highest BCUT2D eigenvalue weighted by molar-refractivity contribution is 5.71. The molecule has 0 amide bonds. The molecule has 0 aliphatic rings. The molecule has 0 aliphatic heterocycles. The van der Waals surface area contributed by atoms with E-state index in [1.54, 1.807) is 0 Å². The van der Waals surface area contributed by atoms with Crippen LogP contribution in [0.5, 0.6) is 5.75 Å². The van der Waals surface area contributed by atoms with Gasteiger partial charge < -0.3 is 9.47 Å². The van der Waals surface area contributed by atoms with Gasteiger partial charge in [0.1, 0.15) is 5.75 Å². The molecular formula is C27H38N2O3. The summed E-state index contributed by atoms with van der Waals surface area (Å²) in [6, 6.07) is 15.9. The van der Waals surface area contributed by atoms with E-state index in [0.717, 1.165) is 62.3 Å². The fraction of sp³-hybridized carbons (Fsp3) is 0.519. The molecule has 5 nitrogen and oxygen atoms in total. The molecule has 5 heteroatoms. The van der Waals surface area contributed by atoms with Crippen LogP contribution >= 0.6 is 0 Å². The molecule has 2 aromatic carbocycles. The van der Waals surface area contributed by atoms with Gasteiger partial charge in [-0.2, -0.15) is 10.2 Å². The number of unbranched alkanes of at least 4 members (excludes halogenated alkanes) is 5. The van der Waals surface area contributed by atoms with E-state index in [9.17, 15) is 4.79 Å². The first kappa shape index (κ1) is 25.6. The minimum Gasteiger partial charge on any atom is -0.494 e. The highest BCUT2D eigenvalue weighted by Gasteiger charge is 2.10. The van der Waals surface area contributed by atoms with Gasteiger partial charge in [-0.15, -0.1) is 0 Å². The first-order chi connectivity index (χ1) is 15.6. The third kappa shape index (κ3) is 10.1. The van der Waals surface area contributed by atoms with Gasteiger partial charge in [0, 0.05) is 0 Å². The lowest BCUT2D eigenvalue weighted by molar-refractivity contribution is -0.148. The fourth-order valence-corrected chi connectivity index (χ4v) is 3.11. The average Bonchev–Trinajstić information content (AvgIpc) is 2.84. The van der Waals surface area contributed by atoms with Crippen LogP contribution in [0.25, 0.3) is 0 Å². The standard InChI is InChI=1S/C27H38N2O3/c1-4-22(3)27(30)32-21-11-9-7-6-8-10-20-31-26-18-16-25(17-19-26)29-28-24-14-12-23(5-2)13-15-24/h12-19,22H,4-11,20-21H2,1-3H3. The van der Waals surface area contributed by atoms with Crippen molar-refractivity contribution in [2.75, 3.05) is 13.2 Å². The van der Waals surface area contributed by atoms with Gasteiger partial charge in [0.05, 0.1) is 30.5 Å². The van der Waals surface area contributed by atoms with Crippen LogP contribution in [0.1, 0.15) is 71.3 Å². The number of aryl methyl sites for hydroxylation is 1. The van der Waals surface area contributed by atoms with Gasteiger partial charge in [-0.05, 0) is 67.6 Å². The van der Waals surface area contributed by atoms with Gasteiger partial charge in [0.15, 0.2) is 0 Å². The number of hydrogen-bond acceptors (Lipinski definition) is 5. The molecule has 0 radical (unpaired) electrons. The van der Waals surface area contributed by atoms with Crippen LogP contribution in [0.2, 0.25) is 0 Å². The Morgan fingerprint density at radius 2 is 1.31 bits per heavy atom. The molecule has 0 aromatic heterocycles. The summed E-state index contributed by atoms with van der Waals surface area (Å²) in [6.45, 7) is 7.32. The lowest BCUT2D eigenvalue weighted by Crippen LogP contribution is -2.14. The van der Waals surface area contributed by atoms with Gasteiger partial charge in [-0.3, -0.25) is 4.79 Å². The van der Waals surface area contributed by atoms with Gasteiger partial charge >= 0.3 is 5.97 Å². The zero-order valence-electron chi connectivity index (χ0n) is 19.9. The Hall–Kier alpha value is -2.69. The van der Waals surface area contributed by atoms with E-state index in [4.69, 9.17) is 9.47 Å². The van der Waals surface area contributed by atoms with E-state index < -0.39 is 0 Å². The Kier molecular flexibility index (Phi) is 12.1. The molecule has 0 bridgehead atoms. The van der Waals surface area contributed by atoms with Gasteiger partial charge in [-0.25, -0.2) is 0 Å². The number of benzene rings is 2. The van der Waals surface area contributed by atoms with E-state index in [1.807, 2.05) is 50.2 Å². The third-order valence-electron chi connectivity index (χ3n) is 5.53. The summed E-state index contributed by atoms with van der Waals surface area (Å²) in [5.74, 6) is 0.806. The van der Waals surface area contributed by atoms with Crippen LogP contribution < -0.4 is 4.74 Å². The van der Waals surface area contributed by atoms with Crippen molar-refractivity contribution < 1.29 is 14.3 Å². The lowest BCUT2D eigenvalue weighted by atomic mass is 10.1. The summed E-state index contributed by atoms with van der Waals surface area (Å²) in [6.07, 6.45) is 8.46. The predicted octanol–water partition coefficient (Wildman–Crippen LogP) is 7.97. The van der Waals surface area contributed by atoms with Crippen LogP contribution in [-0.2, 0) is 16.0 Å². The highest BCUT2D eigenvalue weighted by Crippen LogP contribution is 2.22. The van der Waals surface area contributed by atoms with Crippen molar-refractivity contribution in [3.8, 4) is 5.75 Å². The maximum Gasteiger partial charge on any atom is 0.308 e. The molecule has 0 fully saturated rings. The Morgan fingerprint density at radius 1 is 0.781 bits per heavy atom. The smallest absolute Gasteiger partial charge is 0.308 e. The second-order valence-corrected chi connectivity index (χ2v) is 8.16. The summed E-state index contributed by atoms with van der Waals surface area (Å²) >= 11 is 0. The van der Waals surface area contributed by atoms with Crippen LogP contribution in [0, 0.1) is 5.92 Å². The largest absolute Gasteiger partial charge is 0.494 e. The minimum absolute atomic E-state index is 0.0130. The van der Waals surface area contributed by atoms with E-state index in [0.29, 0.717) is 6.61 Å². The molecule has 0 saturated heterocycles. The molecule has 0 aliphatic carbocycles. The zero-order valence-corrected chi connectivity index (χ0v) is 19.9. The second kappa shape index (κ2) is 15.2. The maximum atomic E-state index is 11.6. The molecule has 0 saturated carbocycles. The minimum atomic E-state index is -0.0672. The second-order valence-electron chi connectivity index (χ2n) is 8.16. The topological polar surface area (TPSA) is 60.3 Å². The van der Waals surface area contributed by atoms with Crippen molar-refractivity contribution in [3.63, 3.8) is 0 Å². The zero-order chi connectivity index (χ0) is 23.0. The molecule has 0 spiro atoms. The number of carbonyl (C=O) groups is 1. The molecule has 0 heterocycles. The van der Waals surface area contributed by atoms with E-state index in [1.165, 1.54) is 18.4 Å². The lowest BCUT2D eigenvalue weighted by Gasteiger charge is -2.09. The summed E-state index contributed by atoms with van der Waals surface area (Å²) in [7, 11) is 0. The molecule has 1 unspecified atom stereocenters. The number of ether oxygens (including phenoxy) is 2. The fourth-order valence-electron chi connectivity index (χ4n) is 3.11. The number of hydrogen-bond donors (Lipinski definition) is 0. The Bertz CT molecular complexity index is 801. The summed E-state index contributed by atoms with van der Waals surface area (Å²) in [5.41, 5.74) is 2.96. The van der Waals surface area contributed by atoms with Crippen molar-refractivity contribution in [2.24, 2.45) is 16.1 Å². The van der Waals surface area contributed by atoms with Crippen LogP contribution in [-0.4, -0.2) is 19.2 Å². The third-order valence-corrected chi connectivity index (χ3v) is 5.53. The Morgan fingerprint density at radius 3 is 1.88 bits per heavy atom. The SMILES string of the molecule is CCc1ccc(N=Nc2ccc(OCCCCCCCCOC(=O)C(C)CC)cc2)cc1. The monoisotopic (exact) mass is 438 g/mol. The number of nitrogens with zero attached hydrogens (tertiary/aromatic N) is 2. The molecule has 0 N–H and O–H groups in total. The number of azo groups is 1. The molecular weight excluding hydrogens is 400 g/mol. The predicted molar refractivity (Wildman–Crippen MR) is 130 cm³/mol. The number of esters is 1. The van der Waals surface area contributed by atoms with E-state index in [2.05, 4.69) is 29.3 Å². The van der Waals surface area contributed by atoms with Gasteiger partial charge in [-0.1, -0.05) is 58.6 Å². The summed E-state index contributed by atoms with van der Waals surface area (Å²) in [4.78, 5) is 11.6. The average molecular weight is 439 g/mol.